The van der Waals surface area contributed by atoms with E-state index in [9.17, 15) is 4.79 Å². The lowest BCUT2D eigenvalue weighted by atomic mass is 10.1. The molecule has 0 aliphatic heterocycles. The summed E-state index contributed by atoms with van der Waals surface area (Å²) in [5, 5.41) is 0.531. The summed E-state index contributed by atoms with van der Waals surface area (Å²) >= 11 is 9.43. The number of carbonyl (C=O) groups is 1. The van der Waals surface area contributed by atoms with Gasteiger partial charge in [0.2, 0.25) is 0 Å². The minimum absolute atomic E-state index is 0.131. The number of Topliss-reactive ketones (excluding diaryl/α,β-unsaturated/α-hetero) is 1. The van der Waals surface area contributed by atoms with Gasteiger partial charge < -0.3 is 4.90 Å². The zero-order chi connectivity index (χ0) is 13.1. The molecule has 18 heavy (non-hydrogen) atoms. The predicted molar refractivity (Wildman–Crippen MR) is 78.4 cm³/mol. The molecule has 1 aliphatic rings. The van der Waals surface area contributed by atoms with Gasteiger partial charge in [-0.15, -0.1) is 0 Å². The summed E-state index contributed by atoms with van der Waals surface area (Å²) in [5.41, 5.74) is 0.631. The molecule has 1 fully saturated rings. The summed E-state index contributed by atoms with van der Waals surface area (Å²) in [6.45, 7) is 4.01. The van der Waals surface area contributed by atoms with Crippen LogP contribution in [-0.4, -0.2) is 29.8 Å². The summed E-state index contributed by atoms with van der Waals surface area (Å²) in [6, 6.07) is 6.13. The molecule has 2 rings (SSSR count). The van der Waals surface area contributed by atoms with E-state index in [0.717, 1.165) is 17.6 Å². The van der Waals surface area contributed by atoms with E-state index in [2.05, 4.69) is 27.8 Å². The smallest absolute Gasteiger partial charge is 0.165 e. The maximum absolute atomic E-state index is 12.1. The number of carbonyl (C=O) groups excluding carboxylic acids is 1. The molecule has 1 aliphatic carbocycles. The summed E-state index contributed by atoms with van der Waals surface area (Å²) in [6.07, 6.45) is 3.10. The molecule has 1 aromatic carbocycles. The largest absolute Gasteiger partial charge is 0.300 e. The van der Waals surface area contributed by atoms with Gasteiger partial charge in [0.25, 0.3) is 0 Å². The van der Waals surface area contributed by atoms with E-state index in [1.54, 1.807) is 12.1 Å². The predicted octanol–water partition coefficient (Wildman–Crippen LogP) is 4.16. The van der Waals surface area contributed by atoms with Crippen molar-refractivity contribution < 1.29 is 4.79 Å². The normalized spacial score (nSPS) is 15.1. The topological polar surface area (TPSA) is 20.3 Å². The Balaban J connectivity index is 1.94. The molecule has 0 N–H and O–H groups in total. The first kappa shape index (κ1) is 14.0. The van der Waals surface area contributed by atoms with Crippen LogP contribution in [-0.2, 0) is 0 Å². The lowest BCUT2D eigenvalue weighted by Crippen LogP contribution is -2.28. The molecule has 0 atom stereocenters. The van der Waals surface area contributed by atoms with Gasteiger partial charge in [-0.05, 0) is 37.6 Å². The zero-order valence-corrected chi connectivity index (χ0v) is 12.8. The lowest BCUT2D eigenvalue weighted by Gasteiger charge is -2.19. The van der Waals surface area contributed by atoms with E-state index in [0.29, 0.717) is 23.0 Å². The maximum atomic E-state index is 12.1. The van der Waals surface area contributed by atoms with Crippen LogP contribution in [0.4, 0.5) is 0 Å². The number of ketones is 1. The molecule has 1 saturated carbocycles. The highest BCUT2D eigenvalue weighted by Gasteiger charge is 2.27. The second-order valence-corrected chi connectivity index (χ2v) is 5.98. The van der Waals surface area contributed by atoms with Gasteiger partial charge in [0.05, 0.1) is 5.02 Å². The molecule has 2 nitrogen and oxygen atoms in total. The van der Waals surface area contributed by atoms with Gasteiger partial charge in [-0.2, -0.15) is 0 Å². The fraction of sp³-hybridized carbons (Fsp3) is 0.500. The number of benzene rings is 1. The van der Waals surface area contributed by atoms with Crippen LogP contribution < -0.4 is 0 Å². The average Bonchev–Trinajstić information content (AvgIpc) is 3.14. The number of halogens is 2. The molecule has 0 aromatic heterocycles. The highest BCUT2D eigenvalue weighted by Crippen LogP contribution is 2.27. The van der Waals surface area contributed by atoms with Crippen molar-refractivity contribution in [2.24, 2.45) is 0 Å². The Morgan fingerprint density at radius 1 is 1.50 bits per heavy atom. The third-order valence-electron chi connectivity index (χ3n) is 3.33. The molecule has 0 heterocycles. The monoisotopic (exact) mass is 329 g/mol. The van der Waals surface area contributed by atoms with E-state index in [1.165, 1.54) is 12.8 Å². The number of rotatable bonds is 6. The molecule has 0 amide bonds. The van der Waals surface area contributed by atoms with E-state index in [4.69, 9.17) is 11.6 Å². The van der Waals surface area contributed by atoms with Gasteiger partial charge in [0, 0.05) is 29.0 Å². The van der Waals surface area contributed by atoms with Crippen LogP contribution in [0.25, 0.3) is 0 Å². The quantitative estimate of drug-likeness (QED) is 0.730. The van der Waals surface area contributed by atoms with Crippen LogP contribution in [0.3, 0.4) is 0 Å². The third kappa shape index (κ3) is 3.56. The van der Waals surface area contributed by atoms with Crippen molar-refractivity contribution in [1.29, 1.82) is 0 Å². The van der Waals surface area contributed by atoms with E-state index in [-0.39, 0.29) is 5.78 Å². The Hall–Kier alpha value is -0.380. The fourth-order valence-corrected chi connectivity index (χ4v) is 2.91. The van der Waals surface area contributed by atoms with Crippen LogP contribution in [0.15, 0.2) is 22.7 Å². The SMILES string of the molecule is CCN(CCC(=O)c1ccc(Br)cc1Cl)C1CC1. The minimum Gasteiger partial charge on any atom is -0.300 e. The Kier molecular flexibility index (Phi) is 4.82. The van der Waals surface area contributed by atoms with E-state index < -0.39 is 0 Å². The standard InChI is InChI=1S/C14H17BrClNO/c1-2-17(11-4-5-11)8-7-14(18)12-6-3-10(15)9-13(12)16/h3,6,9,11H,2,4-5,7-8H2,1H3. The Morgan fingerprint density at radius 2 is 2.22 bits per heavy atom. The van der Waals surface area contributed by atoms with Crippen molar-refractivity contribution in [2.75, 3.05) is 13.1 Å². The molecule has 0 spiro atoms. The highest BCUT2D eigenvalue weighted by atomic mass is 79.9. The Morgan fingerprint density at radius 3 is 2.78 bits per heavy atom. The van der Waals surface area contributed by atoms with E-state index in [1.807, 2.05) is 6.07 Å². The molecule has 4 heteroatoms. The number of hydrogen-bond acceptors (Lipinski definition) is 2. The van der Waals surface area contributed by atoms with E-state index >= 15 is 0 Å². The van der Waals surface area contributed by atoms with Crippen molar-refractivity contribution in [3.05, 3.63) is 33.3 Å². The van der Waals surface area contributed by atoms with Crippen LogP contribution >= 0.6 is 27.5 Å². The highest BCUT2D eigenvalue weighted by molar-refractivity contribution is 9.10. The average molecular weight is 331 g/mol. The lowest BCUT2D eigenvalue weighted by molar-refractivity contribution is 0.0964. The van der Waals surface area contributed by atoms with Crippen molar-refractivity contribution in [2.45, 2.75) is 32.2 Å². The summed E-state index contributed by atoms with van der Waals surface area (Å²) in [7, 11) is 0. The molecular weight excluding hydrogens is 314 g/mol. The van der Waals surface area contributed by atoms with Crippen molar-refractivity contribution in [3.63, 3.8) is 0 Å². The second-order valence-electron chi connectivity index (χ2n) is 4.66. The second kappa shape index (κ2) is 6.18. The molecular formula is C14H17BrClNO. The molecule has 0 radical (unpaired) electrons. The Labute approximate surface area is 121 Å². The molecule has 1 aromatic rings. The van der Waals surface area contributed by atoms with Gasteiger partial charge in [0.1, 0.15) is 0 Å². The van der Waals surface area contributed by atoms with Crippen molar-refractivity contribution in [3.8, 4) is 0 Å². The number of nitrogens with zero attached hydrogens (tertiary/aromatic N) is 1. The molecule has 0 bridgehead atoms. The van der Waals surface area contributed by atoms with Crippen LogP contribution in [0.2, 0.25) is 5.02 Å². The summed E-state index contributed by atoms with van der Waals surface area (Å²) < 4.78 is 0.900. The molecule has 98 valence electrons. The van der Waals surface area contributed by atoms with Crippen LogP contribution in [0.1, 0.15) is 36.5 Å². The summed E-state index contributed by atoms with van der Waals surface area (Å²) in [5.74, 6) is 0.131. The van der Waals surface area contributed by atoms with Crippen molar-refractivity contribution >= 4 is 33.3 Å². The van der Waals surface area contributed by atoms with Crippen molar-refractivity contribution in [1.82, 2.24) is 4.90 Å². The van der Waals surface area contributed by atoms with Gasteiger partial charge in [0.15, 0.2) is 5.78 Å². The Bertz CT molecular complexity index is 445. The van der Waals surface area contributed by atoms with Crippen LogP contribution in [0.5, 0.6) is 0 Å². The maximum Gasteiger partial charge on any atom is 0.165 e. The van der Waals surface area contributed by atoms with Gasteiger partial charge in [-0.25, -0.2) is 0 Å². The zero-order valence-electron chi connectivity index (χ0n) is 10.5. The fourth-order valence-electron chi connectivity index (χ4n) is 2.13. The third-order valence-corrected chi connectivity index (χ3v) is 4.13. The van der Waals surface area contributed by atoms with Gasteiger partial charge in [-0.1, -0.05) is 34.5 Å². The summed E-state index contributed by atoms with van der Waals surface area (Å²) in [4.78, 5) is 14.5. The number of hydrogen-bond donors (Lipinski definition) is 0. The van der Waals surface area contributed by atoms with Gasteiger partial charge in [-0.3, -0.25) is 4.79 Å². The first-order valence-corrected chi connectivity index (χ1v) is 7.51. The minimum atomic E-state index is 0.131. The van der Waals surface area contributed by atoms with Crippen LogP contribution in [0, 0.1) is 0 Å². The molecule has 0 unspecified atom stereocenters. The first-order chi connectivity index (χ1) is 8.61. The molecule has 0 saturated heterocycles. The van der Waals surface area contributed by atoms with Gasteiger partial charge >= 0.3 is 0 Å². The first-order valence-electron chi connectivity index (χ1n) is 6.34.